The van der Waals surface area contributed by atoms with Crippen molar-refractivity contribution in [2.45, 2.75) is 0 Å². The highest BCUT2D eigenvalue weighted by Crippen LogP contribution is 2.49. The molecule has 60 heavy (non-hydrogen) atoms. The summed E-state index contributed by atoms with van der Waals surface area (Å²) in [5.41, 5.74) is 19.8. The van der Waals surface area contributed by atoms with Crippen molar-refractivity contribution < 1.29 is 0 Å². The van der Waals surface area contributed by atoms with Crippen LogP contribution in [0.1, 0.15) is 0 Å². The molecule has 1 aliphatic rings. The smallest absolute Gasteiger partial charge is 0.0541 e. The maximum Gasteiger partial charge on any atom is 0.0541 e. The van der Waals surface area contributed by atoms with E-state index in [0.29, 0.717) is 0 Å². The van der Waals surface area contributed by atoms with Crippen LogP contribution < -0.4 is 0 Å². The van der Waals surface area contributed by atoms with E-state index < -0.39 is 0 Å². The average molecular weight is 761 g/mol. The Morgan fingerprint density at radius 1 is 0.233 bits per heavy atom. The molecule has 0 saturated heterocycles. The number of rotatable bonds is 5. The van der Waals surface area contributed by atoms with Crippen molar-refractivity contribution in [2.75, 3.05) is 0 Å². The fourth-order valence-corrected chi connectivity index (χ4v) is 10.1. The molecule has 0 saturated carbocycles. The van der Waals surface area contributed by atoms with Crippen molar-refractivity contribution in [2.24, 2.45) is 0 Å². The van der Waals surface area contributed by atoms with E-state index in [0.717, 1.165) is 5.69 Å². The van der Waals surface area contributed by atoms with Gasteiger partial charge in [0.2, 0.25) is 0 Å². The number of hydrogen-bond acceptors (Lipinski definition) is 0. The minimum Gasteiger partial charge on any atom is -0.309 e. The van der Waals surface area contributed by atoms with E-state index in [1.807, 2.05) is 0 Å². The van der Waals surface area contributed by atoms with E-state index in [9.17, 15) is 0 Å². The second-order valence-corrected chi connectivity index (χ2v) is 16.1. The molecule has 0 atom stereocenters. The first-order valence-electron chi connectivity index (χ1n) is 20.8. The lowest BCUT2D eigenvalue weighted by atomic mass is 9.94. The van der Waals surface area contributed by atoms with Gasteiger partial charge < -0.3 is 9.13 Å². The molecule has 0 spiro atoms. The lowest BCUT2D eigenvalue weighted by Gasteiger charge is -2.10. The maximum absolute atomic E-state index is 2.41. The Bertz CT molecular complexity index is 3680. The molecule has 0 radical (unpaired) electrons. The van der Waals surface area contributed by atoms with E-state index in [4.69, 9.17) is 0 Å². The fourth-order valence-electron chi connectivity index (χ4n) is 10.1. The zero-order chi connectivity index (χ0) is 39.3. The highest BCUT2D eigenvalue weighted by Gasteiger charge is 2.22. The van der Waals surface area contributed by atoms with Gasteiger partial charge in [-0.2, -0.15) is 0 Å². The van der Waals surface area contributed by atoms with E-state index in [1.54, 1.807) is 0 Å². The van der Waals surface area contributed by atoms with Crippen molar-refractivity contribution in [3.63, 3.8) is 0 Å². The van der Waals surface area contributed by atoms with Crippen LogP contribution in [-0.4, -0.2) is 9.13 Å². The van der Waals surface area contributed by atoms with E-state index in [1.165, 1.54) is 116 Å². The highest BCUT2D eigenvalue weighted by molar-refractivity contribution is 6.17. The summed E-state index contributed by atoms with van der Waals surface area (Å²) in [5, 5.41) is 7.65. The Balaban J connectivity index is 0.934. The number of para-hydroxylation sites is 3. The quantitative estimate of drug-likeness (QED) is 0.165. The molecule has 1 aliphatic carbocycles. The molecule has 12 aromatic rings. The Kier molecular flexibility index (Phi) is 7.05. The van der Waals surface area contributed by atoms with Gasteiger partial charge in [-0.25, -0.2) is 0 Å². The molecular weight excluding hydrogens is 725 g/mol. The van der Waals surface area contributed by atoms with Gasteiger partial charge in [0.05, 0.1) is 22.1 Å². The molecule has 2 aromatic heterocycles. The Labute approximate surface area is 347 Å². The predicted molar refractivity (Wildman–Crippen MR) is 253 cm³/mol. The van der Waals surface area contributed by atoms with Crippen molar-refractivity contribution in [3.8, 4) is 67.0 Å². The third-order valence-corrected chi connectivity index (χ3v) is 12.8. The van der Waals surface area contributed by atoms with Gasteiger partial charge in [0, 0.05) is 32.9 Å². The summed E-state index contributed by atoms with van der Waals surface area (Å²) < 4.78 is 4.79. The first-order valence-corrected chi connectivity index (χ1v) is 20.8. The zero-order valence-corrected chi connectivity index (χ0v) is 32.7. The van der Waals surface area contributed by atoms with Crippen molar-refractivity contribution in [3.05, 3.63) is 218 Å². The van der Waals surface area contributed by atoms with Gasteiger partial charge in [0.15, 0.2) is 0 Å². The molecule has 0 aliphatic heterocycles. The topological polar surface area (TPSA) is 9.86 Å². The minimum atomic E-state index is 1.16. The summed E-state index contributed by atoms with van der Waals surface area (Å²) in [6.07, 6.45) is 0. The summed E-state index contributed by atoms with van der Waals surface area (Å²) in [4.78, 5) is 0. The molecule has 0 amide bonds. The molecule has 2 nitrogen and oxygen atoms in total. The summed E-state index contributed by atoms with van der Waals surface area (Å²) in [6.45, 7) is 0. The van der Waals surface area contributed by atoms with Gasteiger partial charge >= 0.3 is 0 Å². The summed E-state index contributed by atoms with van der Waals surface area (Å²) in [5.74, 6) is 0. The Hall–Kier alpha value is -7.94. The first kappa shape index (κ1) is 33.1. The molecule has 10 aromatic carbocycles. The van der Waals surface area contributed by atoms with Gasteiger partial charge in [0.1, 0.15) is 0 Å². The zero-order valence-electron chi connectivity index (χ0n) is 32.7. The lowest BCUT2D eigenvalue weighted by molar-refractivity contribution is 1.18. The molecule has 2 heterocycles. The van der Waals surface area contributed by atoms with Crippen LogP contribution in [-0.2, 0) is 0 Å². The van der Waals surface area contributed by atoms with Crippen LogP contribution in [0.25, 0.3) is 121 Å². The van der Waals surface area contributed by atoms with Crippen LogP contribution in [0.3, 0.4) is 0 Å². The van der Waals surface area contributed by atoms with Crippen LogP contribution >= 0.6 is 0 Å². The SMILES string of the molecule is c1ccc(-n2c3ccccc3c3cc(-c4ccc5c(c4)c4cc(-c6ccc(-c7cc8c9c(cccc9c7)-c7ccccc7-8)cc6)ccc4n5-c4ccccc4)ccc32)cc1. The highest BCUT2D eigenvalue weighted by atomic mass is 15.0. The molecule has 0 bridgehead atoms. The van der Waals surface area contributed by atoms with E-state index in [-0.39, 0.29) is 0 Å². The lowest BCUT2D eigenvalue weighted by Crippen LogP contribution is -1.93. The molecule has 0 unspecified atom stereocenters. The monoisotopic (exact) mass is 760 g/mol. The van der Waals surface area contributed by atoms with Crippen LogP contribution in [0.4, 0.5) is 0 Å². The van der Waals surface area contributed by atoms with E-state index in [2.05, 4.69) is 228 Å². The third-order valence-electron chi connectivity index (χ3n) is 12.8. The number of benzene rings is 10. The normalized spacial score (nSPS) is 12.0. The summed E-state index contributed by atoms with van der Waals surface area (Å²) in [7, 11) is 0. The second-order valence-electron chi connectivity index (χ2n) is 16.1. The van der Waals surface area contributed by atoms with Crippen LogP contribution in [0.5, 0.6) is 0 Å². The van der Waals surface area contributed by atoms with Gasteiger partial charge in [-0.15, -0.1) is 0 Å². The maximum atomic E-state index is 2.41. The molecule has 0 N–H and O–H groups in total. The largest absolute Gasteiger partial charge is 0.309 e. The van der Waals surface area contributed by atoms with Gasteiger partial charge in [-0.05, 0) is 145 Å². The predicted octanol–water partition coefficient (Wildman–Crippen LogP) is 15.7. The average Bonchev–Trinajstić information content (AvgIpc) is 3.95. The Morgan fingerprint density at radius 3 is 1.27 bits per heavy atom. The Morgan fingerprint density at radius 2 is 0.667 bits per heavy atom. The third kappa shape index (κ3) is 4.88. The van der Waals surface area contributed by atoms with Gasteiger partial charge in [-0.1, -0.05) is 140 Å². The number of aromatic nitrogens is 2. The van der Waals surface area contributed by atoms with E-state index >= 15 is 0 Å². The second kappa shape index (κ2) is 12.8. The van der Waals surface area contributed by atoms with Crippen LogP contribution in [0, 0.1) is 0 Å². The minimum absolute atomic E-state index is 1.16. The van der Waals surface area contributed by atoms with Crippen LogP contribution in [0.2, 0.25) is 0 Å². The molecule has 2 heteroatoms. The van der Waals surface area contributed by atoms with Crippen molar-refractivity contribution in [1.82, 2.24) is 9.13 Å². The van der Waals surface area contributed by atoms with Gasteiger partial charge in [0.25, 0.3) is 0 Å². The standard InChI is InChI=1S/C58H36N2/c1-3-13-44(14-4-1)59-54-21-10-9-19-48(54)50-34-40(27-30-55(50)59)41-28-31-57-52(35-41)51-33-39(26-29-56(51)60(57)45-15-5-2-6-16-45)37-22-24-38(25-23-37)43-32-42-12-11-20-49-46-17-7-8-18-47(46)53(36-43)58(42)49/h1-36H. The number of hydrogen-bond donors (Lipinski definition) is 0. The fraction of sp³-hybridized carbons (Fsp3) is 0. The van der Waals surface area contributed by atoms with Crippen molar-refractivity contribution >= 4 is 54.4 Å². The number of nitrogens with zero attached hydrogens (tertiary/aromatic N) is 2. The van der Waals surface area contributed by atoms with Gasteiger partial charge in [-0.3, -0.25) is 0 Å². The summed E-state index contributed by atoms with van der Waals surface area (Å²) in [6, 6.07) is 80.5. The molecule has 0 fully saturated rings. The molecule has 13 rings (SSSR count). The first-order chi connectivity index (χ1) is 29.7. The molecule has 278 valence electrons. The number of fused-ring (bicyclic) bond motifs is 9. The van der Waals surface area contributed by atoms with Crippen molar-refractivity contribution in [1.29, 1.82) is 0 Å². The molecular formula is C58H36N2. The van der Waals surface area contributed by atoms with Crippen LogP contribution in [0.15, 0.2) is 218 Å². The summed E-state index contributed by atoms with van der Waals surface area (Å²) >= 11 is 0.